The van der Waals surface area contributed by atoms with E-state index in [4.69, 9.17) is 45.2 Å². The zero-order chi connectivity index (χ0) is 20.3. The van der Waals surface area contributed by atoms with E-state index >= 15 is 0 Å². The molecule has 0 unspecified atom stereocenters. The summed E-state index contributed by atoms with van der Waals surface area (Å²) in [4.78, 5) is 12.6. The van der Waals surface area contributed by atoms with Crippen LogP contribution in [0.5, 0.6) is 0 Å². The van der Waals surface area contributed by atoms with Gasteiger partial charge < -0.3 is 16.2 Å². The quantitative estimate of drug-likeness (QED) is 0.228. The maximum Gasteiger partial charge on any atom is 0.358 e. The van der Waals surface area contributed by atoms with Gasteiger partial charge in [-0.05, 0) is 50.1 Å². The molecule has 6 nitrogen and oxygen atoms in total. The van der Waals surface area contributed by atoms with Gasteiger partial charge in [-0.3, -0.25) is 5.01 Å². The molecule has 0 atom stereocenters. The van der Waals surface area contributed by atoms with E-state index in [2.05, 4.69) is 0 Å². The molecular weight excluding hydrogens is 387 g/mol. The summed E-state index contributed by atoms with van der Waals surface area (Å²) in [5.74, 6) is 5.52. The highest BCUT2D eigenvalue weighted by Gasteiger charge is 2.25. The molecule has 0 aliphatic carbocycles. The summed E-state index contributed by atoms with van der Waals surface area (Å²) in [6.07, 6.45) is 0. The SMILES string of the molecule is CCOC(=O)/C(=C(\N)c1ccc(C)c(C)c1)N(N)c1cc(Cl)cc(Cl)c1N. The van der Waals surface area contributed by atoms with Crippen LogP contribution in [0.2, 0.25) is 10.0 Å². The third-order valence-corrected chi connectivity index (χ3v) is 4.65. The molecule has 0 saturated carbocycles. The summed E-state index contributed by atoms with van der Waals surface area (Å²) in [5.41, 5.74) is 15.6. The number of hydrogen-bond acceptors (Lipinski definition) is 6. The van der Waals surface area contributed by atoms with Gasteiger partial charge in [-0.15, -0.1) is 0 Å². The third kappa shape index (κ3) is 4.47. The smallest absolute Gasteiger partial charge is 0.358 e. The van der Waals surface area contributed by atoms with Crippen LogP contribution in [-0.2, 0) is 9.53 Å². The number of hydrazine groups is 1. The van der Waals surface area contributed by atoms with E-state index in [-0.39, 0.29) is 34.4 Å². The normalized spacial score (nSPS) is 11.8. The van der Waals surface area contributed by atoms with Crippen molar-refractivity contribution in [2.24, 2.45) is 11.6 Å². The van der Waals surface area contributed by atoms with Crippen LogP contribution in [0.3, 0.4) is 0 Å². The number of esters is 1. The maximum atomic E-state index is 12.6. The summed E-state index contributed by atoms with van der Waals surface area (Å²) in [7, 11) is 0. The lowest BCUT2D eigenvalue weighted by Crippen LogP contribution is -2.37. The lowest BCUT2D eigenvalue weighted by Gasteiger charge is -2.24. The second kappa shape index (κ2) is 8.52. The van der Waals surface area contributed by atoms with E-state index in [0.717, 1.165) is 16.1 Å². The lowest BCUT2D eigenvalue weighted by molar-refractivity contribution is -0.138. The summed E-state index contributed by atoms with van der Waals surface area (Å²) in [6.45, 7) is 5.77. The fourth-order valence-corrected chi connectivity index (χ4v) is 2.96. The van der Waals surface area contributed by atoms with Gasteiger partial charge >= 0.3 is 5.97 Å². The molecular formula is C19H22Cl2N4O2. The topological polar surface area (TPSA) is 108 Å². The van der Waals surface area contributed by atoms with E-state index in [0.29, 0.717) is 10.6 Å². The average Bonchev–Trinajstić information content (AvgIpc) is 2.60. The highest BCUT2D eigenvalue weighted by Crippen LogP contribution is 2.35. The zero-order valence-electron chi connectivity index (χ0n) is 15.3. The van der Waals surface area contributed by atoms with Gasteiger partial charge in [-0.25, -0.2) is 10.6 Å². The van der Waals surface area contributed by atoms with Crippen molar-refractivity contribution in [3.63, 3.8) is 0 Å². The van der Waals surface area contributed by atoms with Crippen molar-refractivity contribution in [2.75, 3.05) is 17.3 Å². The first-order chi connectivity index (χ1) is 12.7. The zero-order valence-corrected chi connectivity index (χ0v) is 16.9. The molecule has 6 N–H and O–H groups in total. The average molecular weight is 409 g/mol. The van der Waals surface area contributed by atoms with Gasteiger partial charge in [0, 0.05) is 10.6 Å². The number of hydrogen-bond donors (Lipinski definition) is 3. The van der Waals surface area contributed by atoms with Gasteiger partial charge in [-0.1, -0.05) is 35.3 Å². The monoisotopic (exact) mass is 408 g/mol. The largest absolute Gasteiger partial charge is 0.461 e. The molecule has 8 heteroatoms. The molecule has 2 rings (SSSR count). The van der Waals surface area contributed by atoms with Gasteiger partial charge in [0.1, 0.15) is 0 Å². The third-order valence-electron chi connectivity index (χ3n) is 4.11. The molecule has 0 aliphatic heterocycles. The van der Waals surface area contributed by atoms with Gasteiger partial charge in [0.2, 0.25) is 0 Å². The molecule has 27 heavy (non-hydrogen) atoms. The fraction of sp³-hybridized carbons (Fsp3) is 0.211. The molecule has 0 aromatic heterocycles. The number of carbonyl (C=O) groups is 1. The summed E-state index contributed by atoms with van der Waals surface area (Å²) < 4.78 is 5.14. The van der Waals surface area contributed by atoms with Gasteiger partial charge in [0.25, 0.3) is 0 Å². The van der Waals surface area contributed by atoms with E-state index in [9.17, 15) is 4.79 Å². The number of benzene rings is 2. The van der Waals surface area contributed by atoms with Crippen LogP contribution in [0.25, 0.3) is 5.70 Å². The van der Waals surface area contributed by atoms with E-state index < -0.39 is 5.97 Å². The first kappa shape index (κ1) is 20.9. The molecule has 0 radical (unpaired) electrons. The van der Waals surface area contributed by atoms with Crippen molar-refractivity contribution in [1.82, 2.24) is 0 Å². The minimum atomic E-state index is -0.689. The molecule has 2 aromatic carbocycles. The minimum absolute atomic E-state index is 0.0647. The molecule has 0 heterocycles. The Morgan fingerprint density at radius 1 is 1.15 bits per heavy atom. The van der Waals surface area contributed by atoms with Crippen molar-refractivity contribution < 1.29 is 9.53 Å². The number of nitrogens with two attached hydrogens (primary N) is 3. The number of halogens is 2. The number of rotatable bonds is 5. The Morgan fingerprint density at radius 2 is 1.81 bits per heavy atom. The van der Waals surface area contributed by atoms with Crippen LogP contribution in [0.1, 0.15) is 23.6 Å². The second-order valence-corrected chi connectivity index (χ2v) is 6.82. The number of aryl methyl sites for hydroxylation is 2. The first-order valence-electron chi connectivity index (χ1n) is 8.21. The summed E-state index contributed by atoms with van der Waals surface area (Å²) in [5, 5.41) is 1.57. The Balaban J connectivity index is 2.67. The van der Waals surface area contributed by atoms with Crippen molar-refractivity contribution >= 4 is 46.2 Å². The molecule has 0 bridgehead atoms. The fourth-order valence-electron chi connectivity index (χ4n) is 2.47. The highest BCUT2D eigenvalue weighted by molar-refractivity contribution is 6.37. The molecule has 0 spiro atoms. The second-order valence-electron chi connectivity index (χ2n) is 5.97. The van der Waals surface area contributed by atoms with Gasteiger partial charge in [-0.2, -0.15) is 0 Å². The predicted octanol–water partition coefficient (Wildman–Crippen LogP) is 3.76. The molecule has 0 fully saturated rings. The van der Waals surface area contributed by atoms with E-state index in [1.165, 1.54) is 12.1 Å². The van der Waals surface area contributed by atoms with Crippen molar-refractivity contribution in [1.29, 1.82) is 0 Å². The Morgan fingerprint density at radius 3 is 2.41 bits per heavy atom. The summed E-state index contributed by atoms with van der Waals surface area (Å²) >= 11 is 12.1. The number of nitrogen functional groups attached to an aromatic ring is 1. The molecule has 144 valence electrons. The number of anilines is 2. The Bertz CT molecular complexity index is 913. The summed E-state index contributed by atoms with van der Waals surface area (Å²) in [6, 6.07) is 8.56. The molecule has 0 aliphatic rings. The highest BCUT2D eigenvalue weighted by atomic mass is 35.5. The van der Waals surface area contributed by atoms with E-state index in [1.807, 2.05) is 26.0 Å². The van der Waals surface area contributed by atoms with Gasteiger partial charge in [0.15, 0.2) is 5.70 Å². The molecule has 0 amide bonds. The van der Waals surface area contributed by atoms with Crippen LogP contribution < -0.4 is 22.3 Å². The lowest BCUT2D eigenvalue weighted by atomic mass is 10.0. The van der Waals surface area contributed by atoms with Crippen molar-refractivity contribution in [2.45, 2.75) is 20.8 Å². The first-order valence-corrected chi connectivity index (χ1v) is 8.96. The number of ether oxygens (including phenoxy) is 1. The Kier molecular flexibility index (Phi) is 6.59. The van der Waals surface area contributed by atoms with Crippen LogP contribution >= 0.6 is 23.2 Å². The molecule has 0 saturated heterocycles. The van der Waals surface area contributed by atoms with E-state index in [1.54, 1.807) is 13.0 Å². The predicted molar refractivity (Wildman–Crippen MR) is 111 cm³/mol. The van der Waals surface area contributed by atoms with Crippen LogP contribution in [0.4, 0.5) is 11.4 Å². The Hall–Kier alpha value is -2.41. The standard InChI is InChI=1S/C19H22Cl2N4O2/c1-4-27-19(26)18(16(22)12-6-5-10(2)11(3)7-12)25(24)15-9-13(20)8-14(21)17(15)23/h5-9H,4,22-24H2,1-3H3/b18-16+. The van der Waals surface area contributed by atoms with Crippen molar-refractivity contribution in [3.05, 3.63) is 62.8 Å². The Labute approximate surface area is 168 Å². The minimum Gasteiger partial charge on any atom is -0.461 e. The van der Waals surface area contributed by atoms with Crippen LogP contribution in [0, 0.1) is 13.8 Å². The number of nitrogens with zero attached hydrogens (tertiary/aromatic N) is 1. The van der Waals surface area contributed by atoms with Gasteiger partial charge in [0.05, 0.1) is 28.7 Å². The van der Waals surface area contributed by atoms with Crippen LogP contribution in [-0.4, -0.2) is 12.6 Å². The van der Waals surface area contributed by atoms with Crippen molar-refractivity contribution in [3.8, 4) is 0 Å². The number of carbonyl (C=O) groups excluding carboxylic acids is 1. The van der Waals surface area contributed by atoms with Crippen LogP contribution in [0.15, 0.2) is 36.0 Å². The molecule has 2 aromatic rings. The maximum absolute atomic E-state index is 12.6.